The van der Waals surface area contributed by atoms with Gasteiger partial charge in [-0.3, -0.25) is 4.79 Å². The van der Waals surface area contributed by atoms with E-state index in [4.69, 9.17) is 10.2 Å². The highest BCUT2D eigenvalue weighted by atomic mass is 16.5. The van der Waals surface area contributed by atoms with Crippen LogP contribution < -0.4 is 0 Å². The van der Waals surface area contributed by atoms with Crippen molar-refractivity contribution in [2.45, 2.75) is 20.0 Å². The third-order valence-corrected chi connectivity index (χ3v) is 1.42. The van der Waals surface area contributed by atoms with Crippen molar-refractivity contribution in [1.29, 1.82) is 0 Å². The molecule has 4 heteroatoms. The van der Waals surface area contributed by atoms with Crippen LogP contribution >= 0.6 is 0 Å². The van der Waals surface area contributed by atoms with E-state index in [9.17, 15) is 4.79 Å². The smallest absolute Gasteiger partial charge is 0.311 e. The molecular formula is C7H14O4. The fraction of sp³-hybridized carbons (Fsp3) is 0.857. The maximum atomic E-state index is 10.9. The average molecular weight is 162 g/mol. The summed E-state index contributed by atoms with van der Waals surface area (Å²) in [5.74, 6) is -1.13. The maximum absolute atomic E-state index is 10.9. The number of ether oxygens (including phenoxy) is 1. The van der Waals surface area contributed by atoms with E-state index < -0.39 is 24.6 Å². The Morgan fingerprint density at radius 3 is 2.55 bits per heavy atom. The summed E-state index contributed by atoms with van der Waals surface area (Å²) in [7, 11) is 0. The Morgan fingerprint density at radius 2 is 2.18 bits per heavy atom. The molecule has 0 saturated carbocycles. The SMILES string of the molecule is CCOC(=O)[C@@H](C)[C@@H](O)CO. The Morgan fingerprint density at radius 1 is 1.64 bits per heavy atom. The summed E-state index contributed by atoms with van der Waals surface area (Å²) in [6, 6.07) is 0. The molecule has 0 rings (SSSR count). The fourth-order valence-electron chi connectivity index (χ4n) is 0.589. The Labute approximate surface area is 65.8 Å². The zero-order chi connectivity index (χ0) is 8.85. The number of carbonyl (C=O) groups is 1. The van der Waals surface area contributed by atoms with Crippen LogP contribution in [0.4, 0.5) is 0 Å². The van der Waals surface area contributed by atoms with Crippen molar-refractivity contribution < 1.29 is 19.7 Å². The summed E-state index contributed by atoms with van der Waals surface area (Å²) in [5, 5.41) is 17.4. The number of esters is 1. The first-order valence-electron chi connectivity index (χ1n) is 3.59. The summed E-state index contributed by atoms with van der Waals surface area (Å²) in [6.07, 6.45) is -1.02. The molecule has 66 valence electrons. The Balaban J connectivity index is 3.80. The lowest BCUT2D eigenvalue weighted by molar-refractivity contribution is -0.152. The summed E-state index contributed by atoms with van der Waals surface area (Å²) in [4.78, 5) is 10.9. The lowest BCUT2D eigenvalue weighted by Crippen LogP contribution is -2.30. The summed E-state index contributed by atoms with van der Waals surface area (Å²) < 4.78 is 4.62. The standard InChI is InChI=1S/C7H14O4/c1-3-11-7(10)5(2)6(9)4-8/h5-6,8-9H,3-4H2,1-2H3/t5-,6-/m0/s1. The van der Waals surface area contributed by atoms with Crippen LogP contribution in [0.5, 0.6) is 0 Å². The van der Waals surface area contributed by atoms with Gasteiger partial charge in [0.05, 0.1) is 25.2 Å². The molecule has 0 aromatic heterocycles. The van der Waals surface area contributed by atoms with Crippen molar-refractivity contribution in [2.75, 3.05) is 13.2 Å². The Hall–Kier alpha value is -0.610. The first-order chi connectivity index (χ1) is 5.13. The number of aliphatic hydroxyl groups excluding tert-OH is 2. The van der Waals surface area contributed by atoms with E-state index in [0.717, 1.165) is 0 Å². The predicted molar refractivity (Wildman–Crippen MR) is 38.9 cm³/mol. The Bertz CT molecular complexity index is 124. The van der Waals surface area contributed by atoms with Crippen LogP contribution in [0.3, 0.4) is 0 Å². The van der Waals surface area contributed by atoms with E-state index >= 15 is 0 Å². The number of carbonyl (C=O) groups excluding carboxylic acids is 1. The molecule has 0 aromatic rings. The van der Waals surface area contributed by atoms with Crippen molar-refractivity contribution in [1.82, 2.24) is 0 Å². The topological polar surface area (TPSA) is 66.8 Å². The molecular weight excluding hydrogens is 148 g/mol. The fourth-order valence-corrected chi connectivity index (χ4v) is 0.589. The monoisotopic (exact) mass is 162 g/mol. The molecule has 0 heterocycles. The van der Waals surface area contributed by atoms with Gasteiger partial charge in [-0.1, -0.05) is 0 Å². The average Bonchev–Trinajstić information content (AvgIpc) is 2.02. The number of hydrogen-bond donors (Lipinski definition) is 2. The van der Waals surface area contributed by atoms with Gasteiger partial charge in [0, 0.05) is 0 Å². The highest BCUT2D eigenvalue weighted by molar-refractivity contribution is 5.72. The second kappa shape index (κ2) is 5.09. The maximum Gasteiger partial charge on any atom is 0.311 e. The zero-order valence-electron chi connectivity index (χ0n) is 6.78. The minimum Gasteiger partial charge on any atom is -0.466 e. The molecule has 0 radical (unpaired) electrons. The van der Waals surface area contributed by atoms with Crippen LogP contribution in [0.15, 0.2) is 0 Å². The van der Waals surface area contributed by atoms with Gasteiger partial charge in [0.1, 0.15) is 0 Å². The highest BCUT2D eigenvalue weighted by Crippen LogP contribution is 2.04. The zero-order valence-corrected chi connectivity index (χ0v) is 6.78. The third kappa shape index (κ3) is 3.34. The summed E-state index contributed by atoms with van der Waals surface area (Å²) in [6.45, 7) is 3.08. The molecule has 2 N–H and O–H groups in total. The third-order valence-electron chi connectivity index (χ3n) is 1.42. The van der Waals surface area contributed by atoms with Crippen LogP contribution in [0.2, 0.25) is 0 Å². The van der Waals surface area contributed by atoms with Gasteiger partial charge in [-0.05, 0) is 13.8 Å². The van der Waals surface area contributed by atoms with Crippen LogP contribution in [0.1, 0.15) is 13.8 Å². The molecule has 0 aliphatic rings. The molecule has 0 bridgehead atoms. The van der Waals surface area contributed by atoms with Crippen LogP contribution in [-0.4, -0.2) is 35.5 Å². The summed E-state index contributed by atoms with van der Waals surface area (Å²) in [5.41, 5.74) is 0. The van der Waals surface area contributed by atoms with Crippen molar-refractivity contribution in [2.24, 2.45) is 5.92 Å². The van der Waals surface area contributed by atoms with Gasteiger partial charge in [-0.2, -0.15) is 0 Å². The van der Waals surface area contributed by atoms with E-state index in [1.54, 1.807) is 6.92 Å². The molecule has 0 fully saturated rings. The van der Waals surface area contributed by atoms with Gasteiger partial charge in [0.25, 0.3) is 0 Å². The first-order valence-corrected chi connectivity index (χ1v) is 3.59. The minimum atomic E-state index is -1.02. The lowest BCUT2D eigenvalue weighted by atomic mass is 10.1. The molecule has 0 amide bonds. The largest absolute Gasteiger partial charge is 0.466 e. The van der Waals surface area contributed by atoms with Gasteiger partial charge >= 0.3 is 5.97 Å². The van der Waals surface area contributed by atoms with Crippen molar-refractivity contribution in [3.8, 4) is 0 Å². The van der Waals surface area contributed by atoms with Gasteiger partial charge in [0.15, 0.2) is 0 Å². The van der Waals surface area contributed by atoms with E-state index in [-0.39, 0.29) is 0 Å². The van der Waals surface area contributed by atoms with Gasteiger partial charge in [-0.25, -0.2) is 0 Å². The van der Waals surface area contributed by atoms with Crippen molar-refractivity contribution in [3.05, 3.63) is 0 Å². The van der Waals surface area contributed by atoms with Gasteiger partial charge in [-0.15, -0.1) is 0 Å². The van der Waals surface area contributed by atoms with Gasteiger partial charge < -0.3 is 14.9 Å². The molecule has 4 nitrogen and oxygen atoms in total. The van der Waals surface area contributed by atoms with E-state index in [0.29, 0.717) is 6.61 Å². The predicted octanol–water partition coefficient (Wildman–Crippen LogP) is -0.461. The summed E-state index contributed by atoms with van der Waals surface area (Å²) >= 11 is 0. The molecule has 0 aromatic carbocycles. The molecule has 0 unspecified atom stereocenters. The number of aliphatic hydroxyl groups is 2. The van der Waals surface area contributed by atoms with Crippen LogP contribution in [-0.2, 0) is 9.53 Å². The second-order valence-corrected chi connectivity index (χ2v) is 2.29. The molecule has 0 spiro atoms. The molecule has 0 saturated heterocycles. The van der Waals surface area contributed by atoms with E-state index in [1.807, 2.05) is 0 Å². The second-order valence-electron chi connectivity index (χ2n) is 2.29. The Kier molecular flexibility index (Phi) is 4.81. The minimum absolute atomic E-state index is 0.293. The van der Waals surface area contributed by atoms with Gasteiger partial charge in [0.2, 0.25) is 0 Å². The molecule has 2 atom stereocenters. The van der Waals surface area contributed by atoms with Crippen LogP contribution in [0.25, 0.3) is 0 Å². The number of rotatable bonds is 4. The van der Waals surface area contributed by atoms with Crippen molar-refractivity contribution >= 4 is 5.97 Å². The molecule has 0 aliphatic carbocycles. The van der Waals surface area contributed by atoms with Crippen LogP contribution in [0, 0.1) is 5.92 Å². The van der Waals surface area contributed by atoms with E-state index in [2.05, 4.69) is 4.74 Å². The first kappa shape index (κ1) is 10.4. The van der Waals surface area contributed by atoms with E-state index in [1.165, 1.54) is 6.92 Å². The quantitative estimate of drug-likeness (QED) is 0.549. The number of hydrogen-bond acceptors (Lipinski definition) is 4. The lowest BCUT2D eigenvalue weighted by Gasteiger charge is -2.14. The molecule has 0 aliphatic heterocycles. The van der Waals surface area contributed by atoms with Crippen molar-refractivity contribution in [3.63, 3.8) is 0 Å². The normalized spacial score (nSPS) is 15.6. The highest BCUT2D eigenvalue weighted by Gasteiger charge is 2.21. The molecule has 11 heavy (non-hydrogen) atoms.